The molecule has 5 nitrogen and oxygen atoms in total. The van der Waals surface area contributed by atoms with Crippen LogP contribution in [0.1, 0.15) is 16.8 Å². The summed E-state index contributed by atoms with van der Waals surface area (Å²) < 4.78 is 10.7. The normalized spacial score (nSPS) is 13.5. The number of amides is 1. The zero-order valence-corrected chi connectivity index (χ0v) is 15.0. The number of ether oxygens (including phenoxy) is 2. The SMILES string of the molecule is COc1cccc(CC(=O)N2CCc3[nH]c4c(OC)cccc4c3C2)c1. The van der Waals surface area contributed by atoms with Crippen LogP contribution in [0.3, 0.4) is 0 Å². The highest BCUT2D eigenvalue weighted by Gasteiger charge is 2.25. The fraction of sp³-hybridized carbons (Fsp3) is 0.286. The molecular weight excluding hydrogens is 328 g/mol. The van der Waals surface area contributed by atoms with Crippen LogP contribution in [0.15, 0.2) is 42.5 Å². The van der Waals surface area contributed by atoms with Gasteiger partial charge >= 0.3 is 0 Å². The van der Waals surface area contributed by atoms with E-state index in [9.17, 15) is 4.79 Å². The summed E-state index contributed by atoms with van der Waals surface area (Å²) in [7, 11) is 3.32. The third-order valence-corrected chi connectivity index (χ3v) is 5.03. The lowest BCUT2D eigenvalue weighted by atomic mass is 10.0. The first-order valence-electron chi connectivity index (χ1n) is 8.76. The Morgan fingerprint density at radius 2 is 2.00 bits per heavy atom. The maximum atomic E-state index is 12.8. The van der Waals surface area contributed by atoms with Gasteiger partial charge in [-0.15, -0.1) is 0 Å². The molecule has 0 atom stereocenters. The van der Waals surface area contributed by atoms with E-state index in [0.29, 0.717) is 13.0 Å². The van der Waals surface area contributed by atoms with Crippen molar-refractivity contribution in [3.8, 4) is 11.5 Å². The average molecular weight is 350 g/mol. The molecule has 0 fully saturated rings. The van der Waals surface area contributed by atoms with E-state index in [2.05, 4.69) is 11.1 Å². The molecule has 134 valence electrons. The van der Waals surface area contributed by atoms with Crippen molar-refractivity contribution in [2.75, 3.05) is 20.8 Å². The minimum atomic E-state index is 0.140. The van der Waals surface area contributed by atoms with E-state index < -0.39 is 0 Å². The van der Waals surface area contributed by atoms with Crippen molar-refractivity contribution in [3.05, 3.63) is 59.3 Å². The third-order valence-electron chi connectivity index (χ3n) is 5.03. The van der Waals surface area contributed by atoms with Crippen molar-refractivity contribution in [2.45, 2.75) is 19.4 Å². The smallest absolute Gasteiger partial charge is 0.227 e. The molecule has 0 spiro atoms. The van der Waals surface area contributed by atoms with Crippen molar-refractivity contribution in [1.29, 1.82) is 0 Å². The first kappa shape index (κ1) is 16.5. The van der Waals surface area contributed by atoms with E-state index in [1.807, 2.05) is 41.3 Å². The van der Waals surface area contributed by atoms with Gasteiger partial charge < -0.3 is 19.4 Å². The summed E-state index contributed by atoms with van der Waals surface area (Å²) in [6, 6.07) is 13.7. The molecule has 0 saturated carbocycles. The number of aromatic amines is 1. The highest BCUT2D eigenvalue weighted by molar-refractivity contribution is 5.90. The van der Waals surface area contributed by atoms with Gasteiger partial charge in [-0.3, -0.25) is 4.79 Å². The summed E-state index contributed by atoms with van der Waals surface area (Å²) in [5, 5.41) is 1.14. The molecular formula is C21H22N2O3. The molecule has 0 aliphatic carbocycles. The molecule has 5 heteroatoms. The number of nitrogens with one attached hydrogen (secondary N) is 1. The Morgan fingerprint density at radius 3 is 2.81 bits per heavy atom. The molecule has 1 amide bonds. The summed E-state index contributed by atoms with van der Waals surface area (Å²) in [4.78, 5) is 18.2. The van der Waals surface area contributed by atoms with Crippen LogP contribution in [-0.4, -0.2) is 36.6 Å². The fourth-order valence-electron chi connectivity index (χ4n) is 3.66. The molecule has 4 rings (SSSR count). The Labute approximate surface area is 152 Å². The highest BCUT2D eigenvalue weighted by atomic mass is 16.5. The first-order chi connectivity index (χ1) is 12.7. The summed E-state index contributed by atoms with van der Waals surface area (Å²) in [5.41, 5.74) is 4.39. The van der Waals surface area contributed by atoms with Gasteiger partial charge in [-0.2, -0.15) is 0 Å². The van der Waals surface area contributed by atoms with Crippen molar-refractivity contribution < 1.29 is 14.3 Å². The number of para-hydroxylation sites is 1. The lowest BCUT2D eigenvalue weighted by Gasteiger charge is -2.27. The number of carbonyl (C=O) groups is 1. The summed E-state index contributed by atoms with van der Waals surface area (Å²) in [6.07, 6.45) is 1.22. The monoisotopic (exact) mass is 350 g/mol. The second-order valence-corrected chi connectivity index (χ2v) is 6.56. The van der Waals surface area contributed by atoms with Crippen LogP contribution in [0, 0.1) is 0 Å². The molecule has 0 unspecified atom stereocenters. The Balaban J connectivity index is 1.57. The predicted molar refractivity (Wildman–Crippen MR) is 101 cm³/mol. The molecule has 3 aromatic rings. The lowest BCUT2D eigenvalue weighted by Crippen LogP contribution is -2.36. The average Bonchev–Trinajstić information content (AvgIpc) is 3.06. The molecule has 1 aromatic heterocycles. The number of aromatic nitrogens is 1. The second-order valence-electron chi connectivity index (χ2n) is 6.56. The predicted octanol–water partition coefficient (Wildman–Crippen LogP) is 3.31. The minimum Gasteiger partial charge on any atom is -0.497 e. The van der Waals surface area contributed by atoms with Crippen molar-refractivity contribution >= 4 is 16.8 Å². The van der Waals surface area contributed by atoms with Gasteiger partial charge in [0.2, 0.25) is 5.91 Å². The van der Waals surface area contributed by atoms with E-state index in [-0.39, 0.29) is 5.91 Å². The largest absolute Gasteiger partial charge is 0.497 e. The lowest BCUT2D eigenvalue weighted by molar-refractivity contribution is -0.131. The van der Waals surface area contributed by atoms with Crippen LogP contribution < -0.4 is 9.47 Å². The molecule has 26 heavy (non-hydrogen) atoms. The van der Waals surface area contributed by atoms with E-state index in [1.54, 1.807) is 14.2 Å². The van der Waals surface area contributed by atoms with Gasteiger partial charge in [-0.25, -0.2) is 0 Å². The van der Waals surface area contributed by atoms with Crippen LogP contribution in [0.2, 0.25) is 0 Å². The molecule has 1 aliphatic heterocycles. The van der Waals surface area contributed by atoms with Gasteiger partial charge in [-0.1, -0.05) is 24.3 Å². The first-order valence-corrected chi connectivity index (χ1v) is 8.76. The van der Waals surface area contributed by atoms with E-state index in [4.69, 9.17) is 9.47 Å². The number of carbonyl (C=O) groups excluding carboxylic acids is 1. The molecule has 1 aliphatic rings. The van der Waals surface area contributed by atoms with E-state index in [0.717, 1.165) is 40.9 Å². The van der Waals surface area contributed by atoms with Gasteiger partial charge in [-0.05, 0) is 23.8 Å². The fourth-order valence-corrected chi connectivity index (χ4v) is 3.66. The summed E-state index contributed by atoms with van der Waals surface area (Å²) in [6.45, 7) is 1.36. The minimum absolute atomic E-state index is 0.140. The van der Waals surface area contributed by atoms with Gasteiger partial charge in [0, 0.05) is 36.2 Å². The van der Waals surface area contributed by atoms with Crippen LogP contribution >= 0.6 is 0 Å². The topological polar surface area (TPSA) is 54.6 Å². The molecule has 2 aromatic carbocycles. The number of hydrogen-bond donors (Lipinski definition) is 1. The van der Waals surface area contributed by atoms with E-state index >= 15 is 0 Å². The van der Waals surface area contributed by atoms with Crippen molar-refractivity contribution in [2.24, 2.45) is 0 Å². The number of hydrogen-bond acceptors (Lipinski definition) is 3. The number of methoxy groups -OCH3 is 2. The zero-order chi connectivity index (χ0) is 18.1. The Bertz CT molecular complexity index is 961. The molecule has 0 saturated heterocycles. The van der Waals surface area contributed by atoms with Crippen LogP contribution in [0.25, 0.3) is 10.9 Å². The Morgan fingerprint density at radius 1 is 1.15 bits per heavy atom. The Kier molecular flexibility index (Phi) is 4.29. The third kappa shape index (κ3) is 2.90. The number of H-pyrrole nitrogens is 1. The number of rotatable bonds is 4. The quantitative estimate of drug-likeness (QED) is 0.785. The zero-order valence-electron chi connectivity index (χ0n) is 15.0. The maximum Gasteiger partial charge on any atom is 0.227 e. The molecule has 0 radical (unpaired) electrons. The number of fused-ring (bicyclic) bond motifs is 3. The van der Waals surface area contributed by atoms with E-state index in [1.165, 1.54) is 11.3 Å². The highest BCUT2D eigenvalue weighted by Crippen LogP contribution is 2.33. The van der Waals surface area contributed by atoms with Crippen LogP contribution in [0.5, 0.6) is 11.5 Å². The van der Waals surface area contributed by atoms with Crippen LogP contribution in [-0.2, 0) is 24.2 Å². The van der Waals surface area contributed by atoms with Gasteiger partial charge in [0.15, 0.2) is 0 Å². The molecule has 0 bridgehead atoms. The standard InChI is InChI=1S/C21H22N2O3/c1-25-15-6-3-5-14(11-15)12-20(24)23-10-9-18-17(13-23)16-7-4-8-19(26-2)21(16)22-18/h3-8,11,22H,9-10,12-13H2,1-2H3. The van der Waals surface area contributed by atoms with Crippen LogP contribution in [0.4, 0.5) is 0 Å². The van der Waals surface area contributed by atoms with Crippen molar-refractivity contribution in [3.63, 3.8) is 0 Å². The number of nitrogens with zero attached hydrogens (tertiary/aromatic N) is 1. The Hall–Kier alpha value is -2.95. The number of benzene rings is 2. The van der Waals surface area contributed by atoms with Gasteiger partial charge in [0.05, 0.1) is 26.2 Å². The molecule has 2 heterocycles. The summed E-state index contributed by atoms with van der Waals surface area (Å²) >= 11 is 0. The van der Waals surface area contributed by atoms with Gasteiger partial charge in [0.1, 0.15) is 11.5 Å². The summed E-state index contributed by atoms with van der Waals surface area (Å²) in [5.74, 6) is 1.76. The maximum absolute atomic E-state index is 12.8. The second kappa shape index (κ2) is 6.75. The van der Waals surface area contributed by atoms with Gasteiger partial charge in [0.25, 0.3) is 0 Å². The van der Waals surface area contributed by atoms with Crippen molar-refractivity contribution in [1.82, 2.24) is 9.88 Å². The molecule has 1 N–H and O–H groups in total.